The van der Waals surface area contributed by atoms with Crippen LogP contribution in [-0.2, 0) is 0 Å². The van der Waals surface area contributed by atoms with Crippen LogP contribution in [-0.4, -0.2) is 19.7 Å². The summed E-state index contributed by atoms with van der Waals surface area (Å²) < 4.78 is 1.96. The van der Waals surface area contributed by atoms with Crippen molar-refractivity contribution in [1.29, 1.82) is 0 Å². The number of hydrogen-bond donors (Lipinski definition) is 2. The molecule has 0 bridgehead atoms. The first-order valence-electron chi connectivity index (χ1n) is 6.27. The summed E-state index contributed by atoms with van der Waals surface area (Å²) in [7, 11) is 0. The van der Waals surface area contributed by atoms with E-state index in [1.165, 1.54) is 10.8 Å². The fourth-order valence-electron chi connectivity index (χ4n) is 2.18. The van der Waals surface area contributed by atoms with Crippen molar-refractivity contribution in [3.63, 3.8) is 0 Å². The smallest absolute Gasteiger partial charge is 0.268 e. The third-order valence-electron chi connectivity index (χ3n) is 3.16. The summed E-state index contributed by atoms with van der Waals surface area (Å²) in [6, 6.07) is 2.66. The summed E-state index contributed by atoms with van der Waals surface area (Å²) in [4.78, 5) is 17.4. The van der Waals surface area contributed by atoms with Crippen LogP contribution in [0.2, 0.25) is 10.0 Å². The second kappa shape index (κ2) is 5.66. The van der Waals surface area contributed by atoms with Crippen LogP contribution in [0.3, 0.4) is 0 Å². The van der Waals surface area contributed by atoms with Gasteiger partial charge in [-0.15, -0.1) is 0 Å². The minimum atomic E-state index is -0.498. The van der Waals surface area contributed by atoms with Crippen molar-refractivity contribution < 1.29 is 0 Å². The van der Waals surface area contributed by atoms with E-state index in [1.807, 2.05) is 0 Å². The van der Waals surface area contributed by atoms with Gasteiger partial charge in [-0.05, 0) is 35.0 Å². The van der Waals surface area contributed by atoms with Crippen molar-refractivity contribution in [2.75, 3.05) is 0 Å². The average molecular weight is 403 g/mol. The number of halogens is 3. The van der Waals surface area contributed by atoms with E-state index in [0.29, 0.717) is 26.7 Å². The van der Waals surface area contributed by atoms with Gasteiger partial charge in [0.2, 0.25) is 0 Å². The number of H-pyrrole nitrogens is 1. The zero-order valence-electron chi connectivity index (χ0n) is 11.3. The Morgan fingerprint density at radius 1 is 1.36 bits per heavy atom. The van der Waals surface area contributed by atoms with E-state index in [4.69, 9.17) is 28.9 Å². The van der Waals surface area contributed by atoms with Gasteiger partial charge < -0.3 is 5.73 Å². The van der Waals surface area contributed by atoms with Crippen LogP contribution in [0.1, 0.15) is 18.8 Å². The third kappa shape index (κ3) is 2.34. The van der Waals surface area contributed by atoms with Crippen molar-refractivity contribution in [2.24, 2.45) is 5.73 Å². The number of nitrogens with zero attached hydrogens (tertiary/aromatic N) is 3. The lowest BCUT2D eigenvalue weighted by molar-refractivity contribution is 0.687. The van der Waals surface area contributed by atoms with Crippen LogP contribution in [0.5, 0.6) is 0 Å². The molecule has 0 unspecified atom stereocenters. The second-order valence-corrected chi connectivity index (χ2v) is 6.39. The topological polar surface area (TPSA) is 89.6 Å². The predicted octanol–water partition coefficient (Wildman–Crippen LogP) is 3.20. The summed E-state index contributed by atoms with van der Waals surface area (Å²) in [6.07, 6.45) is 1.54. The van der Waals surface area contributed by atoms with Crippen LogP contribution >= 0.6 is 39.1 Å². The molecule has 2 aromatic heterocycles. The van der Waals surface area contributed by atoms with Gasteiger partial charge in [0.25, 0.3) is 5.56 Å². The van der Waals surface area contributed by atoms with Gasteiger partial charge in [-0.3, -0.25) is 9.89 Å². The molecule has 0 saturated carbocycles. The predicted molar refractivity (Wildman–Crippen MR) is 89.8 cm³/mol. The van der Waals surface area contributed by atoms with Crippen LogP contribution in [0.4, 0.5) is 0 Å². The standard InChI is InChI=1S/C13H10BrCl2N5O/c1-5(17)11-19-10-8(16)3-2-7(15)9(10)13(22)21(11)12-6(14)4-18-20-12/h2-5H,17H2,1H3,(H,18,20)/t5-/m0/s1. The molecule has 1 atom stereocenters. The second-order valence-electron chi connectivity index (χ2n) is 4.72. The Morgan fingerprint density at radius 2 is 2.05 bits per heavy atom. The largest absolute Gasteiger partial charge is 0.322 e. The Hall–Kier alpha value is -1.41. The fourth-order valence-corrected chi connectivity index (χ4v) is 2.98. The molecule has 3 rings (SSSR count). The van der Waals surface area contributed by atoms with Gasteiger partial charge in [0.05, 0.1) is 37.7 Å². The number of aromatic nitrogens is 4. The molecular formula is C13H10BrCl2N5O. The zero-order valence-corrected chi connectivity index (χ0v) is 14.4. The Balaban J connectivity index is 2.53. The lowest BCUT2D eigenvalue weighted by atomic mass is 10.2. The minimum Gasteiger partial charge on any atom is -0.322 e. The van der Waals surface area contributed by atoms with Gasteiger partial charge in [0, 0.05) is 0 Å². The highest BCUT2D eigenvalue weighted by Crippen LogP contribution is 2.28. The maximum Gasteiger partial charge on any atom is 0.268 e. The molecule has 0 aliphatic heterocycles. The molecule has 3 N–H and O–H groups in total. The first-order chi connectivity index (χ1) is 10.4. The molecule has 2 heterocycles. The molecule has 0 radical (unpaired) electrons. The van der Waals surface area contributed by atoms with Crippen LogP contribution in [0, 0.1) is 0 Å². The number of nitrogens with one attached hydrogen (secondary N) is 1. The molecule has 9 heteroatoms. The molecule has 1 aromatic carbocycles. The minimum absolute atomic E-state index is 0.236. The maximum absolute atomic E-state index is 12.9. The number of aromatic amines is 1. The Labute approximate surface area is 143 Å². The van der Waals surface area contributed by atoms with Crippen LogP contribution < -0.4 is 11.3 Å². The quantitative estimate of drug-likeness (QED) is 0.688. The van der Waals surface area contributed by atoms with E-state index >= 15 is 0 Å². The van der Waals surface area contributed by atoms with E-state index in [0.717, 1.165) is 0 Å². The first-order valence-corrected chi connectivity index (χ1v) is 7.82. The summed E-state index contributed by atoms with van der Waals surface area (Å²) >= 11 is 15.6. The summed E-state index contributed by atoms with van der Waals surface area (Å²) in [5, 5.41) is 7.51. The number of fused-ring (bicyclic) bond motifs is 1. The Kier molecular flexibility index (Phi) is 3.98. The number of rotatable bonds is 2. The van der Waals surface area contributed by atoms with E-state index in [2.05, 4.69) is 31.1 Å². The normalized spacial score (nSPS) is 12.8. The average Bonchev–Trinajstić information content (AvgIpc) is 2.88. The number of nitrogens with two attached hydrogens (primary N) is 1. The molecule has 0 saturated heterocycles. The molecule has 22 heavy (non-hydrogen) atoms. The highest BCUT2D eigenvalue weighted by atomic mass is 79.9. The molecule has 114 valence electrons. The lowest BCUT2D eigenvalue weighted by Gasteiger charge is -2.15. The molecule has 0 fully saturated rings. The van der Waals surface area contributed by atoms with Gasteiger partial charge in [-0.2, -0.15) is 5.10 Å². The summed E-state index contributed by atoms with van der Waals surface area (Å²) in [6.45, 7) is 1.73. The molecule has 0 spiro atoms. The molecule has 0 amide bonds. The van der Waals surface area contributed by atoms with Crippen molar-refractivity contribution in [3.8, 4) is 5.82 Å². The van der Waals surface area contributed by atoms with Crippen LogP contribution in [0.25, 0.3) is 16.7 Å². The SMILES string of the molecule is C[C@H](N)c1nc2c(Cl)ccc(Cl)c2c(=O)n1-c1[nH]ncc1Br. The van der Waals surface area contributed by atoms with Crippen LogP contribution in [0.15, 0.2) is 27.6 Å². The van der Waals surface area contributed by atoms with Crippen molar-refractivity contribution >= 4 is 50.0 Å². The lowest BCUT2D eigenvalue weighted by Crippen LogP contribution is -2.28. The third-order valence-corrected chi connectivity index (χ3v) is 4.36. The van der Waals surface area contributed by atoms with Gasteiger partial charge in [0.15, 0.2) is 5.82 Å². The van der Waals surface area contributed by atoms with Gasteiger partial charge in [-0.25, -0.2) is 9.55 Å². The number of hydrogen-bond acceptors (Lipinski definition) is 4. The van der Waals surface area contributed by atoms with Gasteiger partial charge in [-0.1, -0.05) is 23.2 Å². The molecule has 6 nitrogen and oxygen atoms in total. The van der Waals surface area contributed by atoms with Crippen molar-refractivity contribution in [3.05, 3.63) is 49.0 Å². The highest BCUT2D eigenvalue weighted by molar-refractivity contribution is 9.10. The first kappa shape index (κ1) is 15.5. The Bertz CT molecular complexity index is 934. The molecule has 0 aliphatic carbocycles. The monoisotopic (exact) mass is 401 g/mol. The maximum atomic E-state index is 12.9. The van der Waals surface area contributed by atoms with Gasteiger partial charge in [0.1, 0.15) is 5.82 Å². The van der Waals surface area contributed by atoms with E-state index in [1.54, 1.807) is 19.1 Å². The van der Waals surface area contributed by atoms with Crippen molar-refractivity contribution in [1.82, 2.24) is 19.7 Å². The van der Waals surface area contributed by atoms with Gasteiger partial charge >= 0.3 is 0 Å². The number of benzene rings is 1. The molecular weight excluding hydrogens is 393 g/mol. The molecule has 0 aliphatic rings. The summed E-state index contributed by atoms with van der Waals surface area (Å²) in [5.41, 5.74) is 5.94. The van der Waals surface area contributed by atoms with E-state index < -0.39 is 6.04 Å². The Morgan fingerprint density at radius 3 is 2.64 bits per heavy atom. The highest BCUT2D eigenvalue weighted by Gasteiger charge is 2.21. The summed E-state index contributed by atoms with van der Waals surface area (Å²) in [5.74, 6) is 0.786. The van der Waals surface area contributed by atoms with E-state index in [-0.39, 0.29) is 16.0 Å². The van der Waals surface area contributed by atoms with E-state index in [9.17, 15) is 4.79 Å². The van der Waals surface area contributed by atoms with Crippen molar-refractivity contribution in [2.45, 2.75) is 13.0 Å². The fraction of sp³-hybridized carbons (Fsp3) is 0.154. The molecule has 3 aromatic rings. The zero-order chi connectivity index (χ0) is 16.0.